The minimum absolute atomic E-state index is 0.0136. The van der Waals surface area contributed by atoms with Gasteiger partial charge < -0.3 is 9.94 Å². The number of Topliss-reactive ketones (excluding diaryl/α,β-unsaturated/α-hetero) is 1. The Morgan fingerprint density at radius 2 is 2.04 bits per heavy atom. The molecule has 0 saturated heterocycles. The summed E-state index contributed by atoms with van der Waals surface area (Å²) < 4.78 is 0. The van der Waals surface area contributed by atoms with E-state index in [2.05, 4.69) is 25.9 Å². The lowest BCUT2D eigenvalue weighted by Crippen LogP contribution is -2.27. The summed E-state index contributed by atoms with van der Waals surface area (Å²) in [4.78, 5) is 17.8. The molecule has 5 heteroatoms. The second kappa shape index (κ2) is 10.8. The quantitative estimate of drug-likeness (QED) is 0.435. The maximum absolute atomic E-state index is 12.6. The molecular weight excluding hydrogens is 322 g/mol. The van der Waals surface area contributed by atoms with Gasteiger partial charge in [0, 0.05) is 18.1 Å². The van der Waals surface area contributed by atoms with Gasteiger partial charge in [0.25, 0.3) is 0 Å². The summed E-state index contributed by atoms with van der Waals surface area (Å²) in [6.07, 6.45) is 3.56. The molecule has 0 bridgehead atoms. The van der Waals surface area contributed by atoms with Crippen LogP contribution in [0.4, 0.5) is 0 Å². The number of rotatable bonds is 10. The number of carbonyl (C=O) groups is 1. The molecule has 0 fully saturated rings. The fourth-order valence-corrected chi connectivity index (χ4v) is 4.36. The molecule has 0 aromatic carbocycles. The minimum Gasteiger partial charge on any atom is -0.511 e. The summed E-state index contributed by atoms with van der Waals surface area (Å²) >= 11 is 1.95. The van der Waals surface area contributed by atoms with Gasteiger partial charge in [-0.15, -0.1) is 0 Å². The van der Waals surface area contributed by atoms with Crippen LogP contribution in [-0.4, -0.2) is 34.2 Å². The van der Waals surface area contributed by atoms with Crippen molar-refractivity contribution >= 4 is 23.3 Å². The third-order valence-electron chi connectivity index (χ3n) is 4.29. The van der Waals surface area contributed by atoms with Crippen LogP contribution in [0.1, 0.15) is 66.7 Å². The van der Waals surface area contributed by atoms with Crippen molar-refractivity contribution in [3.05, 3.63) is 11.3 Å². The summed E-state index contributed by atoms with van der Waals surface area (Å²) in [5.74, 6) is 2.10. The molecule has 0 heterocycles. The Labute approximate surface area is 151 Å². The standard InChI is InChI=1S/C19H33NO3S/c1-6-9-15(20-23-7-2)19-16(21)10-14(11-17(19)22)12-18(13(4)5)24-8-3/h13-14,18,21H,6-12H2,1-5H3. The van der Waals surface area contributed by atoms with Crippen molar-refractivity contribution in [2.75, 3.05) is 12.4 Å². The average Bonchev–Trinajstić information content (AvgIpc) is 2.51. The van der Waals surface area contributed by atoms with Crippen molar-refractivity contribution in [1.82, 2.24) is 0 Å². The normalized spacial score (nSPS) is 20.7. The van der Waals surface area contributed by atoms with Crippen molar-refractivity contribution in [3.8, 4) is 0 Å². The highest BCUT2D eigenvalue weighted by Crippen LogP contribution is 2.35. The van der Waals surface area contributed by atoms with E-state index >= 15 is 0 Å². The van der Waals surface area contributed by atoms with Gasteiger partial charge >= 0.3 is 0 Å². The number of hydrogen-bond donors (Lipinski definition) is 1. The first kappa shape index (κ1) is 21.1. The summed E-state index contributed by atoms with van der Waals surface area (Å²) in [7, 11) is 0. The maximum atomic E-state index is 12.6. The number of ketones is 1. The highest BCUT2D eigenvalue weighted by molar-refractivity contribution is 7.99. The first-order valence-electron chi connectivity index (χ1n) is 9.20. The first-order chi connectivity index (χ1) is 11.4. The fourth-order valence-electron chi connectivity index (χ4n) is 3.14. The minimum atomic E-state index is 0.0136. The van der Waals surface area contributed by atoms with Crippen LogP contribution in [0.5, 0.6) is 0 Å². The van der Waals surface area contributed by atoms with Gasteiger partial charge in [0.15, 0.2) is 5.78 Å². The van der Waals surface area contributed by atoms with Crippen LogP contribution >= 0.6 is 11.8 Å². The van der Waals surface area contributed by atoms with Gasteiger partial charge in [0.05, 0.1) is 11.3 Å². The summed E-state index contributed by atoms with van der Waals surface area (Å²) in [6, 6.07) is 0. The van der Waals surface area contributed by atoms with Crippen molar-refractivity contribution in [3.63, 3.8) is 0 Å². The van der Waals surface area contributed by atoms with Gasteiger partial charge in [-0.3, -0.25) is 4.79 Å². The molecule has 2 unspecified atom stereocenters. The van der Waals surface area contributed by atoms with Crippen LogP contribution in [0.25, 0.3) is 0 Å². The highest BCUT2D eigenvalue weighted by atomic mass is 32.2. The number of aliphatic hydroxyl groups excluding tert-OH is 1. The van der Waals surface area contributed by atoms with Crippen LogP contribution in [-0.2, 0) is 9.63 Å². The van der Waals surface area contributed by atoms with Crippen LogP contribution in [0.15, 0.2) is 16.5 Å². The lowest BCUT2D eigenvalue weighted by molar-refractivity contribution is -0.116. The molecule has 0 aromatic heterocycles. The molecule has 0 aromatic rings. The monoisotopic (exact) mass is 355 g/mol. The molecule has 4 nitrogen and oxygen atoms in total. The lowest BCUT2D eigenvalue weighted by Gasteiger charge is -2.29. The molecule has 0 radical (unpaired) electrons. The maximum Gasteiger partial charge on any atom is 0.168 e. The van der Waals surface area contributed by atoms with Crippen LogP contribution in [0.2, 0.25) is 0 Å². The first-order valence-corrected chi connectivity index (χ1v) is 10.2. The third kappa shape index (κ3) is 6.15. The van der Waals surface area contributed by atoms with Gasteiger partial charge in [-0.2, -0.15) is 11.8 Å². The Morgan fingerprint density at radius 3 is 2.54 bits per heavy atom. The number of carbonyl (C=O) groups excluding carboxylic acids is 1. The molecule has 138 valence electrons. The fraction of sp³-hybridized carbons (Fsp3) is 0.789. The Hall–Kier alpha value is -0.970. The molecule has 1 aliphatic rings. The molecule has 0 aliphatic heterocycles. The molecule has 0 spiro atoms. The van der Waals surface area contributed by atoms with E-state index in [0.29, 0.717) is 48.3 Å². The van der Waals surface area contributed by atoms with Crippen LogP contribution < -0.4 is 0 Å². The van der Waals surface area contributed by atoms with Gasteiger partial charge in [0.1, 0.15) is 12.4 Å². The molecule has 0 saturated carbocycles. The number of nitrogens with zero attached hydrogens (tertiary/aromatic N) is 1. The number of hydrogen-bond acceptors (Lipinski definition) is 5. The van der Waals surface area contributed by atoms with E-state index in [4.69, 9.17) is 4.84 Å². The molecule has 1 aliphatic carbocycles. The molecule has 24 heavy (non-hydrogen) atoms. The van der Waals surface area contributed by atoms with Crippen molar-refractivity contribution < 1.29 is 14.7 Å². The van der Waals surface area contributed by atoms with Gasteiger partial charge in [-0.05, 0) is 37.4 Å². The zero-order chi connectivity index (χ0) is 18.1. The summed E-state index contributed by atoms with van der Waals surface area (Å²) in [6.45, 7) is 11.0. The van der Waals surface area contributed by atoms with Crippen LogP contribution in [0, 0.1) is 11.8 Å². The van der Waals surface area contributed by atoms with Gasteiger partial charge in [-0.1, -0.05) is 39.3 Å². The third-order valence-corrected chi connectivity index (χ3v) is 5.79. The average molecular weight is 356 g/mol. The van der Waals surface area contributed by atoms with Gasteiger partial charge in [0.2, 0.25) is 0 Å². The van der Waals surface area contributed by atoms with E-state index in [9.17, 15) is 9.90 Å². The number of thioether (sulfide) groups is 1. The predicted molar refractivity (Wildman–Crippen MR) is 103 cm³/mol. The van der Waals surface area contributed by atoms with E-state index in [-0.39, 0.29) is 17.5 Å². The Morgan fingerprint density at radius 1 is 1.33 bits per heavy atom. The molecule has 0 amide bonds. The summed E-state index contributed by atoms with van der Waals surface area (Å²) in [5.41, 5.74) is 1.01. The zero-order valence-electron chi connectivity index (χ0n) is 15.8. The molecular formula is C19H33NO3S. The Kier molecular flexibility index (Phi) is 9.49. The molecule has 1 N–H and O–H groups in total. The van der Waals surface area contributed by atoms with E-state index < -0.39 is 0 Å². The predicted octanol–water partition coefficient (Wildman–Crippen LogP) is 5.14. The Bertz CT molecular complexity index is 471. The second-order valence-corrected chi connectivity index (χ2v) is 8.21. The number of aliphatic hydroxyl groups is 1. The van der Waals surface area contributed by atoms with Crippen molar-refractivity contribution in [2.45, 2.75) is 72.0 Å². The number of allylic oxidation sites excluding steroid dienone is 2. The topological polar surface area (TPSA) is 58.9 Å². The Balaban J connectivity index is 2.90. The van der Waals surface area contributed by atoms with E-state index in [1.807, 2.05) is 25.6 Å². The number of oxime groups is 1. The second-order valence-electron chi connectivity index (χ2n) is 6.70. The lowest BCUT2D eigenvalue weighted by atomic mass is 9.81. The summed E-state index contributed by atoms with van der Waals surface area (Å²) in [5, 5.41) is 15.1. The largest absolute Gasteiger partial charge is 0.511 e. The van der Waals surface area contributed by atoms with Gasteiger partial charge in [-0.25, -0.2) is 0 Å². The van der Waals surface area contributed by atoms with Crippen molar-refractivity contribution in [1.29, 1.82) is 0 Å². The zero-order valence-corrected chi connectivity index (χ0v) is 16.6. The smallest absolute Gasteiger partial charge is 0.168 e. The molecule has 1 rings (SSSR count). The van der Waals surface area contributed by atoms with Crippen LogP contribution in [0.3, 0.4) is 0 Å². The SMILES string of the molecule is CCCC(=NOCC)C1=C(O)CC(CC(SCC)C(C)C)CC1=O. The highest BCUT2D eigenvalue weighted by Gasteiger charge is 2.32. The molecule has 2 atom stereocenters. The van der Waals surface area contributed by atoms with E-state index in [0.717, 1.165) is 18.6 Å². The van der Waals surface area contributed by atoms with E-state index in [1.165, 1.54) is 0 Å². The van der Waals surface area contributed by atoms with E-state index in [1.54, 1.807) is 0 Å². The van der Waals surface area contributed by atoms with Crippen molar-refractivity contribution in [2.24, 2.45) is 17.0 Å².